The minimum absolute atomic E-state index is 0.0249. The topological polar surface area (TPSA) is 95.3 Å². The lowest BCUT2D eigenvalue weighted by Crippen LogP contribution is -2.47. The molecule has 0 spiro atoms. The number of fused-ring (bicyclic) bond motifs is 1. The first-order valence-corrected chi connectivity index (χ1v) is 15.9. The predicted octanol–water partition coefficient (Wildman–Crippen LogP) is 2.86. The van der Waals surface area contributed by atoms with Gasteiger partial charge in [0.2, 0.25) is 0 Å². The third kappa shape index (κ3) is 5.01. The molecular formula is C27H26FN5O4S3. The Hall–Kier alpha value is -3.29. The molecule has 2 aromatic heterocycles. The number of carbonyl (C=O) groups is 1. The van der Waals surface area contributed by atoms with Gasteiger partial charge < -0.3 is 9.80 Å². The number of aromatic nitrogens is 2. The van der Waals surface area contributed by atoms with E-state index in [9.17, 15) is 22.4 Å². The number of amides is 1. The molecule has 1 unspecified atom stereocenters. The molecule has 5 heterocycles. The molecule has 3 aliphatic heterocycles. The van der Waals surface area contributed by atoms with E-state index in [1.807, 2.05) is 17.9 Å². The molecule has 0 bridgehead atoms. The number of aryl methyl sites for hydroxylation is 1. The fourth-order valence-corrected chi connectivity index (χ4v) is 8.43. The number of thioether (sulfide) groups is 1. The third-order valence-electron chi connectivity index (χ3n) is 7.43. The van der Waals surface area contributed by atoms with Crippen LogP contribution in [-0.4, -0.2) is 76.7 Å². The van der Waals surface area contributed by atoms with Crippen LogP contribution in [0.4, 0.5) is 15.9 Å². The number of carbonyl (C=O) groups excluding carboxylic acids is 1. The van der Waals surface area contributed by atoms with E-state index in [-0.39, 0.29) is 37.7 Å². The normalized spacial score (nSPS) is 22.2. The molecule has 0 N–H and O–H groups in total. The van der Waals surface area contributed by atoms with Crippen LogP contribution in [0.3, 0.4) is 0 Å². The Bertz CT molecular complexity index is 1730. The summed E-state index contributed by atoms with van der Waals surface area (Å²) in [7, 11) is -3.21. The average molecular weight is 600 g/mol. The number of piperazine rings is 1. The first-order valence-electron chi connectivity index (χ1n) is 12.9. The van der Waals surface area contributed by atoms with Gasteiger partial charge in [-0.05, 0) is 55.3 Å². The van der Waals surface area contributed by atoms with Crippen molar-refractivity contribution in [3.05, 3.63) is 74.8 Å². The maximum atomic E-state index is 13.8. The van der Waals surface area contributed by atoms with Crippen LogP contribution in [0, 0.1) is 12.7 Å². The maximum Gasteiger partial charge on any atom is 0.267 e. The molecule has 3 fully saturated rings. The van der Waals surface area contributed by atoms with Crippen molar-refractivity contribution in [1.82, 2.24) is 14.3 Å². The van der Waals surface area contributed by atoms with E-state index in [0.717, 1.165) is 23.0 Å². The van der Waals surface area contributed by atoms with Gasteiger partial charge in [-0.1, -0.05) is 30.0 Å². The van der Waals surface area contributed by atoms with E-state index in [0.29, 0.717) is 44.1 Å². The highest BCUT2D eigenvalue weighted by atomic mass is 32.2. The first-order chi connectivity index (χ1) is 19.1. The Balaban J connectivity index is 1.36. The van der Waals surface area contributed by atoms with Crippen LogP contribution in [0.25, 0.3) is 11.7 Å². The lowest BCUT2D eigenvalue weighted by molar-refractivity contribution is -0.123. The van der Waals surface area contributed by atoms with Gasteiger partial charge >= 0.3 is 0 Å². The lowest BCUT2D eigenvalue weighted by Gasteiger charge is -2.37. The summed E-state index contributed by atoms with van der Waals surface area (Å²) in [5, 5.41) is 0. The Kier molecular flexibility index (Phi) is 6.91. The maximum absolute atomic E-state index is 13.8. The van der Waals surface area contributed by atoms with Gasteiger partial charge in [0, 0.05) is 38.1 Å². The molecule has 3 saturated heterocycles. The molecule has 208 valence electrons. The second-order valence-electron chi connectivity index (χ2n) is 10.1. The molecule has 13 heteroatoms. The molecule has 0 aliphatic carbocycles. The zero-order valence-electron chi connectivity index (χ0n) is 21.6. The van der Waals surface area contributed by atoms with E-state index in [2.05, 4.69) is 4.90 Å². The van der Waals surface area contributed by atoms with Gasteiger partial charge in [-0.2, -0.15) is 0 Å². The molecule has 6 rings (SSSR count). The molecule has 0 saturated carbocycles. The summed E-state index contributed by atoms with van der Waals surface area (Å²) >= 11 is 6.54. The van der Waals surface area contributed by atoms with E-state index < -0.39 is 21.8 Å². The summed E-state index contributed by atoms with van der Waals surface area (Å²) in [6, 6.07) is 9.54. The number of hydrogen-bond acceptors (Lipinski definition) is 9. The molecule has 1 amide bonds. The average Bonchev–Trinajstić information content (AvgIpc) is 3.42. The second-order valence-corrected chi connectivity index (χ2v) is 14.1. The van der Waals surface area contributed by atoms with Gasteiger partial charge in [0.05, 0.1) is 28.0 Å². The number of nitrogens with zero attached hydrogens (tertiary/aromatic N) is 5. The zero-order valence-corrected chi connectivity index (χ0v) is 24.1. The summed E-state index contributed by atoms with van der Waals surface area (Å²) in [6.07, 6.45) is 3.60. The number of anilines is 2. The van der Waals surface area contributed by atoms with Crippen LogP contribution in [0.15, 0.2) is 52.3 Å². The van der Waals surface area contributed by atoms with Crippen molar-refractivity contribution < 1.29 is 17.6 Å². The fourth-order valence-electron chi connectivity index (χ4n) is 5.35. The highest BCUT2D eigenvalue weighted by molar-refractivity contribution is 8.26. The van der Waals surface area contributed by atoms with Crippen LogP contribution in [0.1, 0.15) is 17.5 Å². The van der Waals surface area contributed by atoms with Crippen molar-refractivity contribution in [3.63, 3.8) is 0 Å². The van der Waals surface area contributed by atoms with Crippen molar-refractivity contribution in [2.75, 3.05) is 47.5 Å². The SMILES string of the molecule is Cc1ccc2nc(N3CCN(c4ccc(F)cc4)CC3)c(/C=C3/SC(=S)N(C4CCS(=O)(=O)C4)C3=O)c(=O)n2c1. The summed E-state index contributed by atoms with van der Waals surface area (Å²) < 4.78 is 39.3. The highest BCUT2D eigenvalue weighted by Gasteiger charge is 2.42. The van der Waals surface area contributed by atoms with Crippen LogP contribution >= 0.6 is 24.0 Å². The summed E-state index contributed by atoms with van der Waals surface area (Å²) in [4.78, 5) is 37.9. The zero-order chi connectivity index (χ0) is 28.2. The number of thiocarbonyl (C=S) groups is 1. The fraction of sp³-hybridized carbons (Fsp3) is 0.333. The quantitative estimate of drug-likeness (QED) is 0.332. The number of halogens is 1. The van der Waals surface area contributed by atoms with Crippen LogP contribution in [0.2, 0.25) is 0 Å². The van der Waals surface area contributed by atoms with Gasteiger partial charge in [-0.15, -0.1) is 0 Å². The Morgan fingerprint density at radius 1 is 1.05 bits per heavy atom. The minimum Gasteiger partial charge on any atom is -0.368 e. The molecule has 9 nitrogen and oxygen atoms in total. The summed E-state index contributed by atoms with van der Waals surface area (Å²) in [5.74, 6) is -0.297. The number of benzene rings is 1. The first kappa shape index (κ1) is 26.9. The van der Waals surface area contributed by atoms with Gasteiger partial charge in [0.25, 0.3) is 11.5 Å². The standard InChI is InChI=1S/C27H26FN5O4S3/c1-17-2-7-23-29-24(31-11-9-30(10-12-31)19-5-3-18(28)4-6-19)21(25(34)32(23)15-17)14-22-26(35)33(27(38)39-22)20-8-13-40(36,37)16-20/h2-7,14-15,20H,8-13,16H2,1H3/b22-14+. The third-order valence-corrected chi connectivity index (χ3v) is 10.5. The van der Waals surface area contributed by atoms with Crippen LogP contribution < -0.4 is 15.4 Å². The van der Waals surface area contributed by atoms with Crippen molar-refractivity contribution in [3.8, 4) is 0 Å². The number of rotatable bonds is 4. The molecule has 40 heavy (non-hydrogen) atoms. The monoisotopic (exact) mass is 599 g/mol. The molecule has 1 aromatic carbocycles. The number of pyridine rings is 1. The Morgan fingerprint density at radius 3 is 2.42 bits per heavy atom. The van der Waals surface area contributed by atoms with E-state index >= 15 is 0 Å². The Labute approximate surface area is 240 Å². The van der Waals surface area contributed by atoms with Crippen LogP contribution in [-0.2, 0) is 14.6 Å². The molecule has 3 aliphatic rings. The lowest BCUT2D eigenvalue weighted by atomic mass is 10.2. The van der Waals surface area contributed by atoms with Gasteiger partial charge in [-0.25, -0.2) is 17.8 Å². The van der Waals surface area contributed by atoms with Gasteiger partial charge in [0.15, 0.2) is 9.84 Å². The minimum atomic E-state index is -3.21. The van der Waals surface area contributed by atoms with Crippen molar-refractivity contribution in [2.45, 2.75) is 19.4 Å². The summed E-state index contributed by atoms with van der Waals surface area (Å²) in [5.41, 5.74) is 2.27. The van der Waals surface area contributed by atoms with E-state index in [4.69, 9.17) is 17.2 Å². The van der Waals surface area contributed by atoms with Crippen molar-refractivity contribution in [2.24, 2.45) is 0 Å². The van der Waals surface area contributed by atoms with Crippen LogP contribution in [0.5, 0.6) is 0 Å². The smallest absolute Gasteiger partial charge is 0.267 e. The van der Waals surface area contributed by atoms with E-state index in [1.165, 1.54) is 21.4 Å². The van der Waals surface area contributed by atoms with Gasteiger partial charge in [0.1, 0.15) is 21.6 Å². The summed E-state index contributed by atoms with van der Waals surface area (Å²) in [6.45, 7) is 4.28. The highest BCUT2D eigenvalue weighted by Crippen LogP contribution is 2.37. The largest absolute Gasteiger partial charge is 0.368 e. The predicted molar refractivity (Wildman–Crippen MR) is 159 cm³/mol. The molecule has 0 radical (unpaired) electrons. The molecule has 3 aromatic rings. The Morgan fingerprint density at radius 2 is 1.75 bits per heavy atom. The van der Waals surface area contributed by atoms with Crippen molar-refractivity contribution in [1.29, 1.82) is 0 Å². The number of sulfone groups is 1. The van der Waals surface area contributed by atoms with E-state index in [1.54, 1.807) is 30.5 Å². The number of hydrogen-bond donors (Lipinski definition) is 0. The molecule has 1 atom stereocenters. The van der Waals surface area contributed by atoms with Gasteiger partial charge in [-0.3, -0.25) is 18.9 Å². The second kappa shape index (κ2) is 10.3. The molecular weight excluding hydrogens is 574 g/mol. The van der Waals surface area contributed by atoms with Crippen molar-refractivity contribution >= 4 is 67.3 Å².